The molecular formula is C35H33F3O5. The first-order chi connectivity index (χ1) is 20.7. The average Bonchev–Trinajstić information content (AvgIpc) is 3.01. The quantitative estimate of drug-likeness (QED) is 0.148. The van der Waals surface area contributed by atoms with Crippen LogP contribution in [0.2, 0.25) is 0 Å². The first-order valence-electron chi connectivity index (χ1n) is 14.0. The summed E-state index contributed by atoms with van der Waals surface area (Å²) in [6.45, 7) is 2.73. The van der Waals surface area contributed by atoms with Gasteiger partial charge in [-0.2, -0.15) is 13.2 Å². The largest absolute Gasteiger partial charge is 0.489 e. The van der Waals surface area contributed by atoms with Crippen molar-refractivity contribution in [3.05, 3.63) is 130 Å². The molecule has 0 saturated carbocycles. The van der Waals surface area contributed by atoms with E-state index in [1.54, 1.807) is 24.3 Å². The zero-order chi connectivity index (χ0) is 30.7. The van der Waals surface area contributed by atoms with Crippen molar-refractivity contribution in [1.29, 1.82) is 0 Å². The molecule has 43 heavy (non-hydrogen) atoms. The Bertz CT molecular complexity index is 1500. The van der Waals surface area contributed by atoms with E-state index in [1.165, 1.54) is 12.1 Å². The van der Waals surface area contributed by atoms with Gasteiger partial charge in [-0.15, -0.1) is 0 Å². The van der Waals surface area contributed by atoms with Crippen LogP contribution in [0.1, 0.15) is 54.0 Å². The minimum absolute atomic E-state index is 0.00916. The van der Waals surface area contributed by atoms with Crippen molar-refractivity contribution in [1.82, 2.24) is 0 Å². The Kier molecular flexibility index (Phi) is 10.9. The molecule has 0 aliphatic heterocycles. The molecule has 0 saturated heterocycles. The minimum atomic E-state index is -4.42. The Morgan fingerprint density at radius 2 is 1.30 bits per heavy atom. The first kappa shape index (κ1) is 31.2. The van der Waals surface area contributed by atoms with E-state index >= 15 is 0 Å². The molecule has 0 amide bonds. The van der Waals surface area contributed by atoms with E-state index < -0.39 is 17.7 Å². The van der Waals surface area contributed by atoms with Gasteiger partial charge >= 0.3 is 12.1 Å². The van der Waals surface area contributed by atoms with Crippen LogP contribution in [0.25, 0.3) is 6.08 Å². The molecule has 0 aromatic heterocycles. The number of rotatable bonds is 14. The summed E-state index contributed by atoms with van der Waals surface area (Å²) in [5.74, 6) is 0.617. The van der Waals surface area contributed by atoms with Crippen LogP contribution in [-0.4, -0.2) is 11.1 Å². The van der Waals surface area contributed by atoms with E-state index in [0.29, 0.717) is 42.1 Å². The lowest BCUT2D eigenvalue weighted by Crippen LogP contribution is -2.05. The number of halogens is 3. The normalized spacial score (nSPS) is 11.7. The smallest absolute Gasteiger partial charge is 0.416 e. The maximum absolute atomic E-state index is 12.9. The molecule has 0 spiro atoms. The van der Waals surface area contributed by atoms with Crippen LogP contribution in [0.5, 0.6) is 17.2 Å². The highest BCUT2D eigenvalue weighted by Crippen LogP contribution is 2.31. The second-order valence-corrected chi connectivity index (χ2v) is 9.97. The van der Waals surface area contributed by atoms with E-state index in [4.69, 9.17) is 14.2 Å². The molecule has 0 radical (unpaired) electrons. The summed E-state index contributed by atoms with van der Waals surface area (Å²) in [7, 11) is 0. The highest BCUT2D eigenvalue weighted by Gasteiger charge is 2.29. The van der Waals surface area contributed by atoms with Crippen molar-refractivity contribution in [3.63, 3.8) is 0 Å². The third-order valence-electron chi connectivity index (χ3n) is 6.64. The summed E-state index contributed by atoms with van der Waals surface area (Å²) in [4.78, 5) is 11.9. The summed E-state index contributed by atoms with van der Waals surface area (Å²) in [5, 5.41) is 9.76. The number of carboxylic acids is 1. The standard InChI is InChI=1S/C35H33F3O5/c1-2-3-9-28(34(39)40)20-29-21-32(18-19-33(29)43-24-26-10-14-30(15-11-26)35(36,37)38)42-23-27-12-16-31(17-13-27)41-22-25-7-5-4-6-8-25/h4-8,10-21H,2-3,9,22-24H2,1H3,(H,39,40)/b28-20+. The van der Waals surface area contributed by atoms with Gasteiger partial charge < -0.3 is 19.3 Å². The molecular weight excluding hydrogens is 557 g/mol. The van der Waals surface area contributed by atoms with Crippen molar-refractivity contribution >= 4 is 12.0 Å². The van der Waals surface area contributed by atoms with Crippen molar-refractivity contribution in [3.8, 4) is 17.2 Å². The lowest BCUT2D eigenvalue weighted by atomic mass is 10.0. The molecule has 0 bridgehead atoms. The SMILES string of the molecule is CCCC/C(=C\c1cc(OCc2ccc(OCc3ccccc3)cc2)ccc1OCc1ccc(C(F)(F)F)cc1)C(=O)O. The molecule has 4 aromatic rings. The van der Waals surface area contributed by atoms with Crippen LogP contribution >= 0.6 is 0 Å². The van der Waals surface area contributed by atoms with Crippen LogP contribution in [0.4, 0.5) is 13.2 Å². The van der Waals surface area contributed by atoms with Crippen LogP contribution in [0.15, 0.2) is 103 Å². The van der Waals surface area contributed by atoms with Crippen molar-refractivity contribution in [2.45, 2.75) is 52.2 Å². The predicted octanol–water partition coefficient (Wildman–Crippen LogP) is 9.10. The molecule has 4 rings (SSSR count). The fraction of sp³-hybridized carbons (Fsp3) is 0.229. The summed E-state index contributed by atoms with van der Waals surface area (Å²) < 4.78 is 56.5. The topological polar surface area (TPSA) is 65.0 Å². The fourth-order valence-electron chi connectivity index (χ4n) is 4.20. The van der Waals surface area contributed by atoms with Crippen LogP contribution in [-0.2, 0) is 30.8 Å². The second kappa shape index (κ2) is 15.0. The molecule has 0 aliphatic carbocycles. The Balaban J connectivity index is 1.46. The number of carboxylic acid groups (broad SMARTS) is 1. The van der Waals surface area contributed by atoms with Gasteiger partial charge in [0.05, 0.1) is 5.56 Å². The lowest BCUT2D eigenvalue weighted by Gasteiger charge is -2.14. The Hall–Kier alpha value is -4.72. The van der Waals surface area contributed by atoms with Crippen molar-refractivity contribution in [2.75, 3.05) is 0 Å². The van der Waals surface area contributed by atoms with Crippen LogP contribution < -0.4 is 14.2 Å². The molecule has 0 aliphatic rings. The van der Waals surface area contributed by atoms with Gasteiger partial charge in [-0.25, -0.2) is 4.79 Å². The number of hydrogen-bond donors (Lipinski definition) is 1. The Morgan fingerprint density at radius 1 is 0.744 bits per heavy atom. The first-order valence-corrected chi connectivity index (χ1v) is 14.0. The monoisotopic (exact) mass is 590 g/mol. The van der Waals surface area contributed by atoms with E-state index in [1.807, 2.05) is 61.5 Å². The lowest BCUT2D eigenvalue weighted by molar-refractivity contribution is -0.137. The van der Waals surface area contributed by atoms with Crippen molar-refractivity contribution < 1.29 is 37.3 Å². The molecule has 0 fully saturated rings. The average molecular weight is 591 g/mol. The molecule has 0 heterocycles. The minimum Gasteiger partial charge on any atom is -0.489 e. The third kappa shape index (κ3) is 9.67. The van der Waals surface area contributed by atoms with Crippen LogP contribution in [0.3, 0.4) is 0 Å². The van der Waals surface area contributed by atoms with Gasteiger partial charge in [0, 0.05) is 11.1 Å². The maximum atomic E-state index is 12.9. The van der Waals surface area contributed by atoms with E-state index in [0.717, 1.165) is 35.4 Å². The summed E-state index contributed by atoms with van der Waals surface area (Å²) >= 11 is 0. The van der Waals surface area contributed by atoms with E-state index in [-0.39, 0.29) is 18.8 Å². The zero-order valence-corrected chi connectivity index (χ0v) is 23.8. The summed E-state index contributed by atoms with van der Waals surface area (Å²) in [5.41, 5.74) is 2.53. The third-order valence-corrected chi connectivity index (χ3v) is 6.64. The molecule has 8 heteroatoms. The zero-order valence-electron chi connectivity index (χ0n) is 23.8. The van der Waals surface area contributed by atoms with Gasteiger partial charge in [0.15, 0.2) is 0 Å². The fourth-order valence-corrected chi connectivity index (χ4v) is 4.20. The molecule has 0 atom stereocenters. The number of hydrogen-bond acceptors (Lipinski definition) is 4. The predicted molar refractivity (Wildman–Crippen MR) is 159 cm³/mol. The van der Waals surface area contributed by atoms with Gasteiger partial charge in [0.2, 0.25) is 0 Å². The number of ether oxygens (including phenoxy) is 3. The van der Waals surface area contributed by atoms with E-state index in [2.05, 4.69) is 0 Å². The summed E-state index contributed by atoms with van der Waals surface area (Å²) in [6, 6.07) is 27.3. The number of unbranched alkanes of at least 4 members (excludes halogenated alkanes) is 1. The number of alkyl halides is 3. The highest BCUT2D eigenvalue weighted by atomic mass is 19.4. The molecule has 0 unspecified atom stereocenters. The van der Waals surface area contributed by atoms with Gasteiger partial charge in [-0.05, 0) is 78.1 Å². The summed E-state index contributed by atoms with van der Waals surface area (Å²) in [6.07, 6.45) is -0.931. The molecule has 4 aromatic carbocycles. The van der Waals surface area contributed by atoms with Gasteiger partial charge in [0.25, 0.3) is 0 Å². The van der Waals surface area contributed by atoms with Crippen LogP contribution in [0, 0.1) is 0 Å². The van der Waals surface area contributed by atoms with E-state index in [9.17, 15) is 23.1 Å². The molecule has 1 N–H and O–H groups in total. The highest BCUT2D eigenvalue weighted by molar-refractivity contribution is 5.92. The van der Waals surface area contributed by atoms with Gasteiger partial charge in [0.1, 0.15) is 37.1 Å². The maximum Gasteiger partial charge on any atom is 0.416 e. The van der Waals surface area contributed by atoms with Gasteiger partial charge in [-0.1, -0.05) is 67.9 Å². The van der Waals surface area contributed by atoms with Crippen molar-refractivity contribution in [2.24, 2.45) is 0 Å². The Labute approximate surface area is 249 Å². The molecule has 5 nitrogen and oxygen atoms in total. The molecule has 224 valence electrons. The number of aliphatic carboxylic acids is 1. The number of benzene rings is 4. The Morgan fingerprint density at radius 3 is 1.91 bits per heavy atom. The number of carbonyl (C=O) groups is 1. The van der Waals surface area contributed by atoms with Gasteiger partial charge in [-0.3, -0.25) is 0 Å². The second-order valence-electron chi connectivity index (χ2n) is 9.97.